The SMILES string of the molecule is CC(C)COC[C@@H](O)CN(Cc1c(-c2ccccc2)nn(C)c1Oc1ccccc1F)C1CC1. The first kappa shape index (κ1) is 24.4. The average Bonchev–Trinajstić information content (AvgIpc) is 3.61. The number of ether oxygens (including phenoxy) is 2. The Bertz CT molecular complexity index is 1070. The minimum absolute atomic E-state index is 0.159. The van der Waals surface area contributed by atoms with Gasteiger partial charge in [-0.3, -0.25) is 4.90 Å². The molecule has 1 fully saturated rings. The van der Waals surface area contributed by atoms with Crippen LogP contribution in [0.5, 0.6) is 11.6 Å². The van der Waals surface area contributed by atoms with Crippen molar-refractivity contribution in [3.8, 4) is 22.9 Å². The Labute approximate surface area is 200 Å². The molecule has 2 aromatic carbocycles. The van der Waals surface area contributed by atoms with Crippen LogP contribution in [0.2, 0.25) is 0 Å². The van der Waals surface area contributed by atoms with Gasteiger partial charge in [-0.2, -0.15) is 5.10 Å². The number of aromatic nitrogens is 2. The topological polar surface area (TPSA) is 59.8 Å². The highest BCUT2D eigenvalue weighted by Gasteiger charge is 2.33. The van der Waals surface area contributed by atoms with Gasteiger partial charge in [0.2, 0.25) is 5.88 Å². The molecule has 0 unspecified atom stereocenters. The lowest BCUT2D eigenvalue weighted by Crippen LogP contribution is -2.36. The van der Waals surface area contributed by atoms with Crippen LogP contribution in [0.15, 0.2) is 54.6 Å². The smallest absolute Gasteiger partial charge is 0.222 e. The summed E-state index contributed by atoms with van der Waals surface area (Å²) in [5.74, 6) is 0.660. The number of hydrogen-bond acceptors (Lipinski definition) is 5. The Morgan fingerprint density at radius 3 is 2.47 bits per heavy atom. The Kier molecular flexibility index (Phi) is 7.98. The second-order valence-electron chi connectivity index (χ2n) is 9.40. The van der Waals surface area contributed by atoms with Gasteiger partial charge in [0.15, 0.2) is 11.6 Å². The van der Waals surface area contributed by atoms with Crippen LogP contribution in [0.25, 0.3) is 11.3 Å². The maximum atomic E-state index is 14.4. The van der Waals surface area contributed by atoms with E-state index in [-0.39, 0.29) is 5.75 Å². The fourth-order valence-electron chi connectivity index (χ4n) is 4.03. The van der Waals surface area contributed by atoms with Crippen molar-refractivity contribution in [3.63, 3.8) is 0 Å². The van der Waals surface area contributed by atoms with Crippen LogP contribution >= 0.6 is 0 Å². The molecule has 4 rings (SSSR count). The molecule has 1 saturated carbocycles. The van der Waals surface area contributed by atoms with Crippen LogP contribution in [0.1, 0.15) is 32.3 Å². The molecule has 1 aliphatic carbocycles. The minimum Gasteiger partial charge on any atom is -0.436 e. The zero-order valence-corrected chi connectivity index (χ0v) is 20.2. The van der Waals surface area contributed by atoms with Gasteiger partial charge in [-0.25, -0.2) is 9.07 Å². The summed E-state index contributed by atoms with van der Waals surface area (Å²) in [5, 5.41) is 15.4. The Hall–Kier alpha value is -2.74. The molecule has 7 heteroatoms. The molecule has 3 aromatic rings. The third kappa shape index (κ3) is 6.23. The molecule has 1 atom stereocenters. The summed E-state index contributed by atoms with van der Waals surface area (Å²) in [7, 11) is 1.81. The number of rotatable bonds is 12. The van der Waals surface area contributed by atoms with Gasteiger partial charge >= 0.3 is 0 Å². The highest BCUT2D eigenvalue weighted by atomic mass is 19.1. The Morgan fingerprint density at radius 1 is 1.09 bits per heavy atom. The number of hydrogen-bond donors (Lipinski definition) is 1. The number of aryl methyl sites for hydroxylation is 1. The highest BCUT2D eigenvalue weighted by Crippen LogP contribution is 2.37. The van der Waals surface area contributed by atoms with E-state index in [1.165, 1.54) is 6.07 Å². The van der Waals surface area contributed by atoms with Gasteiger partial charge < -0.3 is 14.6 Å². The summed E-state index contributed by atoms with van der Waals surface area (Å²) >= 11 is 0. The summed E-state index contributed by atoms with van der Waals surface area (Å²) in [4.78, 5) is 2.26. The maximum Gasteiger partial charge on any atom is 0.222 e. The first-order chi connectivity index (χ1) is 16.4. The summed E-state index contributed by atoms with van der Waals surface area (Å²) in [6.45, 7) is 6.14. The van der Waals surface area contributed by atoms with Gasteiger partial charge in [-0.1, -0.05) is 56.3 Å². The lowest BCUT2D eigenvalue weighted by Gasteiger charge is -2.25. The van der Waals surface area contributed by atoms with Gasteiger partial charge in [0.1, 0.15) is 5.69 Å². The van der Waals surface area contributed by atoms with Crippen molar-refractivity contribution >= 4 is 0 Å². The van der Waals surface area contributed by atoms with Crippen LogP contribution in [0, 0.1) is 11.7 Å². The summed E-state index contributed by atoms with van der Waals surface area (Å²) in [5.41, 5.74) is 2.64. The third-order valence-electron chi connectivity index (χ3n) is 5.81. The molecule has 34 heavy (non-hydrogen) atoms. The fraction of sp³-hybridized carbons (Fsp3) is 0.444. The quantitative estimate of drug-likeness (QED) is 0.406. The van der Waals surface area contributed by atoms with Crippen molar-refractivity contribution < 1.29 is 19.0 Å². The number of nitrogens with zero attached hydrogens (tertiary/aromatic N) is 3. The Balaban J connectivity index is 1.62. The van der Waals surface area contributed by atoms with Gasteiger partial charge in [-0.15, -0.1) is 0 Å². The van der Waals surface area contributed by atoms with Crippen LogP contribution in [-0.2, 0) is 18.3 Å². The molecule has 0 amide bonds. The monoisotopic (exact) mass is 467 g/mol. The van der Waals surface area contributed by atoms with Crippen molar-refractivity contribution in [2.75, 3.05) is 19.8 Å². The molecule has 1 aliphatic rings. The molecule has 0 spiro atoms. The van der Waals surface area contributed by atoms with E-state index < -0.39 is 11.9 Å². The molecule has 0 bridgehead atoms. The van der Waals surface area contributed by atoms with E-state index >= 15 is 0 Å². The van der Waals surface area contributed by atoms with Gasteiger partial charge in [0.05, 0.1) is 18.3 Å². The molecule has 1 heterocycles. The highest BCUT2D eigenvalue weighted by molar-refractivity contribution is 5.65. The van der Waals surface area contributed by atoms with E-state index in [1.54, 1.807) is 22.9 Å². The first-order valence-corrected chi connectivity index (χ1v) is 12.0. The lowest BCUT2D eigenvalue weighted by molar-refractivity contribution is 0.00541. The van der Waals surface area contributed by atoms with E-state index in [2.05, 4.69) is 18.7 Å². The van der Waals surface area contributed by atoms with Gasteiger partial charge in [-0.05, 0) is 30.9 Å². The Morgan fingerprint density at radius 2 is 1.79 bits per heavy atom. The largest absolute Gasteiger partial charge is 0.436 e. The van der Waals surface area contributed by atoms with Gasteiger partial charge in [0.25, 0.3) is 0 Å². The van der Waals surface area contributed by atoms with Crippen LogP contribution < -0.4 is 4.74 Å². The van der Waals surface area contributed by atoms with Crippen molar-refractivity contribution in [1.29, 1.82) is 0 Å². The maximum absolute atomic E-state index is 14.4. The molecule has 1 N–H and O–H groups in total. The van der Waals surface area contributed by atoms with Gasteiger partial charge in [0, 0.05) is 38.3 Å². The van der Waals surface area contributed by atoms with Crippen molar-refractivity contribution in [3.05, 3.63) is 66.0 Å². The zero-order valence-electron chi connectivity index (χ0n) is 20.2. The van der Waals surface area contributed by atoms with E-state index in [0.717, 1.165) is 29.7 Å². The number of halogens is 1. The standard InChI is InChI=1S/C27H34FN3O3/c1-19(2)17-33-18-22(32)15-31(21-13-14-21)16-23-26(20-9-5-4-6-10-20)29-30(3)27(23)34-25-12-8-7-11-24(25)28/h4-12,19,21-22,32H,13-18H2,1-3H3/t22-/m0/s1. The summed E-state index contributed by atoms with van der Waals surface area (Å²) in [6.07, 6.45) is 1.58. The van der Waals surface area contributed by atoms with Crippen LogP contribution in [0.3, 0.4) is 0 Å². The number of aliphatic hydroxyl groups is 1. The number of benzene rings is 2. The molecule has 1 aromatic heterocycles. The number of aliphatic hydroxyl groups excluding tert-OH is 1. The zero-order chi connectivity index (χ0) is 24.1. The second-order valence-corrected chi connectivity index (χ2v) is 9.40. The predicted octanol–water partition coefficient (Wildman–Crippen LogP) is 5.02. The summed E-state index contributed by atoms with van der Waals surface area (Å²) in [6, 6.07) is 16.7. The lowest BCUT2D eigenvalue weighted by atomic mass is 10.1. The normalized spacial score (nSPS) is 14.7. The van der Waals surface area contributed by atoms with E-state index in [1.807, 2.05) is 37.4 Å². The molecular formula is C27H34FN3O3. The van der Waals surface area contributed by atoms with E-state index in [9.17, 15) is 9.50 Å². The van der Waals surface area contributed by atoms with Crippen molar-refractivity contribution in [2.24, 2.45) is 13.0 Å². The summed E-state index contributed by atoms with van der Waals surface area (Å²) < 4.78 is 27.8. The third-order valence-corrected chi connectivity index (χ3v) is 5.81. The van der Waals surface area contributed by atoms with Crippen molar-refractivity contribution in [2.45, 2.75) is 45.4 Å². The molecule has 0 aliphatic heterocycles. The molecule has 0 saturated heterocycles. The van der Waals surface area contributed by atoms with Crippen LogP contribution in [0.4, 0.5) is 4.39 Å². The first-order valence-electron chi connectivity index (χ1n) is 12.0. The minimum atomic E-state index is -0.591. The molecule has 0 radical (unpaired) electrons. The average molecular weight is 468 g/mol. The molecular weight excluding hydrogens is 433 g/mol. The fourth-order valence-corrected chi connectivity index (χ4v) is 4.03. The second kappa shape index (κ2) is 11.1. The predicted molar refractivity (Wildman–Crippen MR) is 130 cm³/mol. The van der Waals surface area contributed by atoms with E-state index in [0.29, 0.717) is 44.1 Å². The van der Waals surface area contributed by atoms with Crippen LogP contribution in [-0.4, -0.2) is 51.7 Å². The number of para-hydroxylation sites is 1. The molecule has 182 valence electrons. The van der Waals surface area contributed by atoms with E-state index in [4.69, 9.17) is 14.6 Å². The molecule has 6 nitrogen and oxygen atoms in total. The van der Waals surface area contributed by atoms with Crippen molar-refractivity contribution in [1.82, 2.24) is 14.7 Å².